The van der Waals surface area contributed by atoms with Crippen LogP contribution in [0.3, 0.4) is 0 Å². The third kappa shape index (κ3) is 3.29. The monoisotopic (exact) mass is 398 g/mol. The molecule has 0 N–H and O–H groups in total. The molecule has 3 heterocycles. The molecule has 6 heteroatoms. The maximum absolute atomic E-state index is 4.56. The van der Waals surface area contributed by atoms with E-state index in [1.807, 2.05) is 22.8 Å². The minimum absolute atomic E-state index is 0.835. The third-order valence-electron chi connectivity index (χ3n) is 5.79. The van der Waals surface area contributed by atoms with E-state index in [1.54, 1.807) is 6.20 Å². The van der Waals surface area contributed by atoms with E-state index in [1.165, 1.54) is 11.3 Å². The number of aryl methyl sites for hydroxylation is 1. The summed E-state index contributed by atoms with van der Waals surface area (Å²) in [7, 11) is 2.19. The number of hydrogen-bond acceptors (Lipinski definition) is 5. The van der Waals surface area contributed by atoms with Crippen LogP contribution in [0.15, 0.2) is 73.1 Å². The van der Waals surface area contributed by atoms with E-state index in [4.69, 9.17) is 0 Å². The smallest absolute Gasteiger partial charge is 0.157 e. The zero-order valence-electron chi connectivity index (χ0n) is 17.4. The molecular weight excluding hydrogens is 372 g/mol. The van der Waals surface area contributed by atoms with Crippen LogP contribution in [-0.2, 0) is 0 Å². The number of aromatic nitrogens is 3. The van der Waals surface area contributed by atoms with E-state index < -0.39 is 0 Å². The van der Waals surface area contributed by atoms with E-state index in [9.17, 15) is 0 Å². The van der Waals surface area contributed by atoms with Gasteiger partial charge < -0.3 is 9.80 Å². The molecule has 4 aromatic rings. The molecule has 1 aliphatic rings. The molecule has 0 bridgehead atoms. The predicted molar refractivity (Wildman–Crippen MR) is 122 cm³/mol. The quantitative estimate of drug-likeness (QED) is 0.514. The first-order valence-electron chi connectivity index (χ1n) is 10.4. The molecule has 2 aromatic carbocycles. The topological polar surface area (TPSA) is 39.9 Å². The van der Waals surface area contributed by atoms with Gasteiger partial charge in [-0.15, -0.1) is 0 Å². The van der Waals surface area contributed by atoms with Crippen LogP contribution in [0.25, 0.3) is 5.65 Å². The number of rotatable bonds is 4. The summed E-state index contributed by atoms with van der Waals surface area (Å²) < 4.78 is 1.91. The highest BCUT2D eigenvalue weighted by Gasteiger charge is 2.24. The molecule has 2 aromatic heterocycles. The van der Waals surface area contributed by atoms with Crippen LogP contribution in [0.5, 0.6) is 0 Å². The minimum Gasteiger partial charge on any atom is -0.367 e. The van der Waals surface area contributed by atoms with Crippen molar-refractivity contribution in [2.45, 2.75) is 6.92 Å². The van der Waals surface area contributed by atoms with Gasteiger partial charge in [-0.25, -0.2) is 4.98 Å². The zero-order valence-corrected chi connectivity index (χ0v) is 17.4. The number of para-hydroxylation sites is 2. The van der Waals surface area contributed by atoms with Gasteiger partial charge in [-0.05, 0) is 43.8 Å². The Hall–Kier alpha value is -3.38. The summed E-state index contributed by atoms with van der Waals surface area (Å²) in [6.45, 7) is 6.38. The number of hydrogen-bond donors (Lipinski definition) is 0. The van der Waals surface area contributed by atoms with Gasteiger partial charge in [-0.2, -0.15) is 9.61 Å². The lowest BCUT2D eigenvalue weighted by Gasteiger charge is -2.38. The normalized spacial score (nSPS) is 14.9. The molecule has 1 fully saturated rings. The summed E-state index contributed by atoms with van der Waals surface area (Å²) in [6, 6.07) is 21.0. The summed E-state index contributed by atoms with van der Waals surface area (Å²) in [6.07, 6.45) is 3.65. The highest BCUT2D eigenvalue weighted by Crippen LogP contribution is 2.41. The Balaban J connectivity index is 1.72. The average Bonchev–Trinajstić information content (AvgIpc) is 3.26. The van der Waals surface area contributed by atoms with E-state index in [2.05, 4.69) is 87.3 Å². The number of piperazine rings is 1. The number of likely N-dealkylation sites (N-methyl/N-ethyl adjacent to an activating group) is 1. The van der Waals surface area contributed by atoms with E-state index in [0.717, 1.165) is 49.0 Å². The van der Waals surface area contributed by atoms with Crippen LogP contribution in [0.1, 0.15) is 5.56 Å². The molecule has 0 saturated carbocycles. The van der Waals surface area contributed by atoms with Crippen LogP contribution in [0.4, 0.5) is 22.9 Å². The largest absolute Gasteiger partial charge is 0.367 e. The van der Waals surface area contributed by atoms with Crippen LogP contribution in [0.2, 0.25) is 0 Å². The average molecular weight is 399 g/mol. The molecule has 1 saturated heterocycles. The van der Waals surface area contributed by atoms with Crippen LogP contribution in [-0.4, -0.2) is 52.7 Å². The van der Waals surface area contributed by atoms with Crippen LogP contribution < -0.4 is 9.80 Å². The maximum atomic E-state index is 4.56. The summed E-state index contributed by atoms with van der Waals surface area (Å²) >= 11 is 0. The number of fused-ring (bicyclic) bond motifs is 1. The standard InChI is InChI=1S/C24H26N6/c1-19-7-6-10-21(24(19)28-17-15-27(2)16-18-28)29(20-8-4-3-5-9-20)23-12-13-25-22-11-14-26-30(22)23/h3-14H,15-18H2,1-2H3. The summed E-state index contributed by atoms with van der Waals surface area (Å²) in [5, 5.41) is 4.56. The SMILES string of the molecule is Cc1cccc(N(c2ccccc2)c2ccnc3ccnn23)c1N1CCN(C)CC1. The van der Waals surface area contributed by atoms with Gasteiger partial charge in [0.1, 0.15) is 5.82 Å². The Morgan fingerprint density at radius 3 is 2.43 bits per heavy atom. The van der Waals surface area contributed by atoms with Gasteiger partial charge in [0.25, 0.3) is 0 Å². The first kappa shape index (κ1) is 18.6. The minimum atomic E-state index is 0.835. The molecule has 0 amide bonds. The predicted octanol–water partition coefficient (Wildman–Crippen LogP) is 4.26. The second-order valence-electron chi connectivity index (χ2n) is 7.81. The second-order valence-corrected chi connectivity index (χ2v) is 7.81. The fourth-order valence-electron chi connectivity index (χ4n) is 4.23. The lowest BCUT2D eigenvalue weighted by molar-refractivity contribution is 0.313. The van der Waals surface area contributed by atoms with E-state index >= 15 is 0 Å². The van der Waals surface area contributed by atoms with Gasteiger partial charge in [0.2, 0.25) is 0 Å². The molecule has 0 atom stereocenters. The lowest BCUT2D eigenvalue weighted by Crippen LogP contribution is -2.45. The van der Waals surface area contributed by atoms with Gasteiger partial charge in [-0.1, -0.05) is 30.3 Å². The van der Waals surface area contributed by atoms with Crippen molar-refractivity contribution in [3.63, 3.8) is 0 Å². The van der Waals surface area contributed by atoms with Crippen molar-refractivity contribution >= 4 is 28.5 Å². The molecular formula is C24H26N6. The molecule has 5 rings (SSSR count). The van der Waals surface area contributed by atoms with Crippen molar-refractivity contribution in [2.24, 2.45) is 0 Å². The van der Waals surface area contributed by atoms with Gasteiger partial charge >= 0.3 is 0 Å². The van der Waals surface area contributed by atoms with Gasteiger partial charge in [0, 0.05) is 44.1 Å². The Morgan fingerprint density at radius 2 is 1.63 bits per heavy atom. The molecule has 0 radical (unpaired) electrons. The fraction of sp³-hybridized carbons (Fsp3) is 0.250. The summed E-state index contributed by atoms with van der Waals surface area (Å²) in [5.74, 6) is 0.970. The van der Waals surface area contributed by atoms with Crippen molar-refractivity contribution in [2.75, 3.05) is 43.0 Å². The molecule has 0 aliphatic carbocycles. The van der Waals surface area contributed by atoms with Crippen molar-refractivity contribution in [3.8, 4) is 0 Å². The van der Waals surface area contributed by atoms with Crippen molar-refractivity contribution in [3.05, 3.63) is 78.6 Å². The van der Waals surface area contributed by atoms with Gasteiger partial charge in [0.05, 0.1) is 17.6 Å². The van der Waals surface area contributed by atoms with Gasteiger partial charge in [0.15, 0.2) is 5.65 Å². The van der Waals surface area contributed by atoms with E-state index in [-0.39, 0.29) is 0 Å². The van der Waals surface area contributed by atoms with E-state index in [0.29, 0.717) is 0 Å². The van der Waals surface area contributed by atoms with Gasteiger partial charge in [-0.3, -0.25) is 4.90 Å². The van der Waals surface area contributed by atoms with Crippen LogP contribution in [0, 0.1) is 6.92 Å². The third-order valence-corrected chi connectivity index (χ3v) is 5.79. The lowest BCUT2D eigenvalue weighted by atomic mass is 10.1. The molecule has 30 heavy (non-hydrogen) atoms. The van der Waals surface area contributed by atoms with Crippen LogP contribution >= 0.6 is 0 Å². The zero-order chi connectivity index (χ0) is 20.5. The molecule has 0 unspecified atom stereocenters. The first-order valence-corrected chi connectivity index (χ1v) is 10.4. The van der Waals surface area contributed by atoms with Crippen molar-refractivity contribution in [1.82, 2.24) is 19.5 Å². The number of benzene rings is 2. The second kappa shape index (κ2) is 7.80. The first-order chi connectivity index (χ1) is 14.7. The molecule has 1 aliphatic heterocycles. The summed E-state index contributed by atoms with van der Waals surface area (Å²) in [4.78, 5) is 11.7. The van der Waals surface area contributed by atoms with Crippen molar-refractivity contribution < 1.29 is 0 Å². The number of nitrogens with zero attached hydrogens (tertiary/aromatic N) is 6. The fourth-order valence-corrected chi connectivity index (χ4v) is 4.23. The highest BCUT2D eigenvalue weighted by molar-refractivity contribution is 5.86. The molecule has 6 nitrogen and oxygen atoms in total. The number of anilines is 4. The Morgan fingerprint density at radius 1 is 0.833 bits per heavy atom. The van der Waals surface area contributed by atoms with Crippen molar-refractivity contribution in [1.29, 1.82) is 0 Å². The molecule has 0 spiro atoms. The highest BCUT2D eigenvalue weighted by atomic mass is 15.4. The Bertz CT molecular complexity index is 1140. The maximum Gasteiger partial charge on any atom is 0.157 e. The Kier molecular flexibility index (Phi) is 4.85. The molecule has 152 valence electrons. The summed E-state index contributed by atoms with van der Waals surface area (Å²) in [5.41, 5.74) is 5.66. The Labute approximate surface area is 177 Å².